The van der Waals surface area contributed by atoms with Crippen LogP contribution in [0.2, 0.25) is 0 Å². The summed E-state index contributed by atoms with van der Waals surface area (Å²) < 4.78 is 11.2. The molecule has 0 aromatic heterocycles. The SMILES string of the molecule is CCNC(=NCc1cccc(OCC(=O)NC2CC2)c1)NCCc1ccc2c(c1)CCO2. The Bertz CT molecular complexity index is 956. The molecular formula is C25H32N4O3. The van der Waals surface area contributed by atoms with Crippen molar-refractivity contribution in [3.63, 3.8) is 0 Å². The smallest absolute Gasteiger partial charge is 0.258 e. The lowest BCUT2D eigenvalue weighted by Gasteiger charge is -2.12. The van der Waals surface area contributed by atoms with E-state index in [1.807, 2.05) is 24.3 Å². The minimum absolute atomic E-state index is 0.0439. The van der Waals surface area contributed by atoms with Crippen LogP contribution in [0.5, 0.6) is 11.5 Å². The van der Waals surface area contributed by atoms with Gasteiger partial charge in [-0.05, 0) is 61.1 Å². The largest absolute Gasteiger partial charge is 0.493 e. The zero-order chi connectivity index (χ0) is 22.2. The Balaban J connectivity index is 1.26. The molecule has 1 heterocycles. The van der Waals surface area contributed by atoms with Gasteiger partial charge in [-0.25, -0.2) is 4.99 Å². The van der Waals surface area contributed by atoms with Crippen molar-refractivity contribution in [1.82, 2.24) is 16.0 Å². The fraction of sp³-hybridized carbons (Fsp3) is 0.440. The van der Waals surface area contributed by atoms with Crippen LogP contribution in [0.1, 0.15) is 36.5 Å². The molecule has 7 heteroatoms. The maximum absolute atomic E-state index is 11.8. The van der Waals surface area contributed by atoms with Gasteiger partial charge in [0.05, 0.1) is 13.2 Å². The number of hydrogen-bond acceptors (Lipinski definition) is 4. The molecule has 1 aliphatic heterocycles. The average Bonchev–Trinajstić information content (AvgIpc) is 3.49. The summed E-state index contributed by atoms with van der Waals surface area (Å²) in [6.45, 7) is 5.00. The van der Waals surface area contributed by atoms with Gasteiger partial charge in [-0.15, -0.1) is 0 Å². The van der Waals surface area contributed by atoms with Crippen LogP contribution in [-0.4, -0.2) is 44.2 Å². The molecule has 2 aliphatic rings. The molecule has 2 aromatic rings. The Morgan fingerprint density at radius 2 is 2.06 bits per heavy atom. The van der Waals surface area contributed by atoms with E-state index in [-0.39, 0.29) is 12.5 Å². The predicted octanol–water partition coefficient (Wildman–Crippen LogP) is 2.58. The number of carbonyl (C=O) groups is 1. The first-order valence-electron chi connectivity index (χ1n) is 11.5. The maximum Gasteiger partial charge on any atom is 0.258 e. The molecule has 170 valence electrons. The van der Waals surface area contributed by atoms with E-state index in [9.17, 15) is 4.79 Å². The van der Waals surface area contributed by atoms with Crippen molar-refractivity contribution in [2.24, 2.45) is 4.99 Å². The van der Waals surface area contributed by atoms with E-state index in [4.69, 9.17) is 14.5 Å². The second kappa shape index (κ2) is 10.9. The van der Waals surface area contributed by atoms with Gasteiger partial charge in [0.25, 0.3) is 5.91 Å². The summed E-state index contributed by atoms with van der Waals surface area (Å²) in [6, 6.07) is 14.5. The summed E-state index contributed by atoms with van der Waals surface area (Å²) in [5.41, 5.74) is 3.63. The summed E-state index contributed by atoms with van der Waals surface area (Å²) in [5, 5.41) is 9.63. The van der Waals surface area contributed by atoms with Crippen LogP contribution in [0.4, 0.5) is 0 Å². The van der Waals surface area contributed by atoms with Gasteiger partial charge in [0.2, 0.25) is 0 Å². The first kappa shape index (κ1) is 22.0. The highest BCUT2D eigenvalue weighted by Gasteiger charge is 2.23. The number of ether oxygens (including phenoxy) is 2. The Labute approximate surface area is 189 Å². The van der Waals surface area contributed by atoms with E-state index >= 15 is 0 Å². The Hall–Kier alpha value is -3.22. The third kappa shape index (κ3) is 6.64. The highest BCUT2D eigenvalue weighted by molar-refractivity contribution is 5.79. The van der Waals surface area contributed by atoms with Gasteiger partial charge in [0, 0.05) is 25.6 Å². The predicted molar refractivity (Wildman–Crippen MR) is 125 cm³/mol. The lowest BCUT2D eigenvalue weighted by atomic mass is 10.1. The zero-order valence-corrected chi connectivity index (χ0v) is 18.7. The number of amides is 1. The Kier molecular flexibility index (Phi) is 7.48. The first-order valence-corrected chi connectivity index (χ1v) is 11.5. The molecule has 0 radical (unpaired) electrons. The van der Waals surface area contributed by atoms with Crippen LogP contribution < -0.4 is 25.4 Å². The van der Waals surface area contributed by atoms with Crippen LogP contribution in [0.15, 0.2) is 47.5 Å². The van der Waals surface area contributed by atoms with E-state index < -0.39 is 0 Å². The second-order valence-electron chi connectivity index (χ2n) is 8.19. The molecule has 1 fully saturated rings. The number of benzene rings is 2. The fourth-order valence-electron chi connectivity index (χ4n) is 3.61. The van der Waals surface area contributed by atoms with Gasteiger partial charge in [-0.3, -0.25) is 4.79 Å². The summed E-state index contributed by atoms with van der Waals surface area (Å²) in [7, 11) is 0. The lowest BCUT2D eigenvalue weighted by molar-refractivity contribution is -0.123. The van der Waals surface area contributed by atoms with Gasteiger partial charge in [0.15, 0.2) is 12.6 Å². The molecule has 1 aliphatic carbocycles. The quantitative estimate of drug-likeness (QED) is 0.394. The molecular weight excluding hydrogens is 404 g/mol. The number of guanidine groups is 1. The van der Waals surface area contributed by atoms with Crippen molar-refractivity contribution >= 4 is 11.9 Å². The van der Waals surface area contributed by atoms with Crippen LogP contribution in [0.3, 0.4) is 0 Å². The number of hydrogen-bond donors (Lipinski definition) is 3. The third-order valence-corrected chi connectivity index (χ3v) is 5.43. The summed E-state index contributed by atoms with van der Waals surface area (Å²) in [6.07, 6.45) is 4.06. The molecule has 3 N–H and O–H groups in total. The van der Waals surface area contributed by atoms with Crippen molar-refractivity contribution in [3.8, 4) is 11.5 Å². The van der Waals surface area contributed by atoms with E-state index in [1.54, 1.807) is 0 Å². The number of aliphatic imine (C=N–C) groups is 1. The van der Waals surface area contributed by atoms with E-state index in [1.165, 1.54) is 11.1 Å². The molecule has 1 amide bonds. The Morgan fingerprint density at radius 3 is 2.91 bits per heavy atom. The molecule has 7 nitrogen and oxygen atoms in total. The normalized spacial score (nSPS) is 15.0. The summed E-state index contributed by atoms with van der Waals surface area (Å²) >= 11 is 0. The highest BCUT2D eigenvalue weighted by Crippen LogP contribution is 2.25. The number of nitrogens with one attached hydrogen (secondary N) is 3. The molecule has 2 aromatic carbocycles. The van der Waals surface area contributed by atoms with Crippen molar-refractivity contribution in [3.05, 3.63) is 59.2 Å². The lowest BCUT2D eigenvalue weighted by Crippen LogP contribution is -2.38. The van der Waals surface area contributed by atoms with Crippen LogP contribution in [0, 0.1) is 0 Å². The van der Waals surface area contributed by atoms with Crippen LogP contribution in [-0.2, 0) is 24.2 Å². The zero-order valence-electron chi connectivity index (χ0n) is 18.7. The third-order valence-electron chi connectivity index (χ3n) is 5.43. The van der Waals surface area contributed by atoms with E-state index in [0.29, 0.717) is 18.3 Å². The molecule has 0 saturated heterocycles. The molecule has 32 heavy (non-hydrogen) atoms. The molecule has 0 atom stereocenters. The highest BCUT2D eigenvalue weighted by atomic mass is 16.5. The molecule has 4 rings (SSSR count). The standard InChI is InChI=1S/C25H32N4O3/c1-2-26-25(27-12-10-18-6-9-23-20(14-18)11-13-31-23)28-16-19-4-3-5-22(15-19)32-17-24(30)29-21-7-8-21/h3-6,9,14-15,21H,2,7-8,10-13,16-17H2,1H3,(H,29,30)(H2,26,27,28). The van der Waals surface area contributed by atoms with Crippen molar-refractivity contribution in [1.29, 1.82) is 0 Å². The minimum Gasteiger partial charge on any atom is -0.493 e. The molecule has 1 saturated carbocycles. The van der Waals surface area contributed by atoms with Crippen molar-refractivity contribution < 1.29 is 14.3 Å². The van der Waals surface area contributed by atoms with Crippen molar-refractivity contribution in [2.45, 2.75) is 45.2 Å². The number of nitrogens with zero attached hydrogens (tertiary/aromatic N) is 1. The van der Waals surface area contributed by atoms with Gasteiger partial charge in [-0.2, -0.15) is 0 Å². The second-order valence-corrected chi connectivity index (χ2v) is 8.19. The van der Waals surface area contributed by atoms with E-state index in [2.05, 4.69) is 41.1 Å². The number of fused-ring (bicyclic) bond motifs is 1. The topological polar surface area (TPSA) is 84.0 Å². The van der Waals surface area contributed by atoms with Gasteiger partial charge >= 0.3 is 0 Å². The molecule has 0 bridgehead atoms. The van der Waals surface area contributed by atoms with Crippen LogP contribution in [0.25, 0.3) is 0 Å². The van der Waals surface area contributed by atoms with Crippen molar-refractivity contribution in [2.75, 3.05) is 26.3 Å². The fourth-order valence-corrected chi connectivity index (χ4v) is 3.61. The Morgan fingerprint density at radius 1 is 1.16 bits per heavy atom. The number of carbonyl (C=O) groups excluding carboxylic acids is 1. The summed E-state index contributed by atoms with van der Waals surface area (Å²) in [4.78, 5) is 16.5. The first-order chi connectivity index (χ1) is 15.7. The summed E-state index contributed by atoms with van der Waals surface area (Å²) in [5.74, 6) is 2.42. The van der Waals surface area contributed by atoms with Gasteiger partial charge < -0.3 is 25.4 Å². The van der Waals surface area contributed by atoms with E-state index in [0.717, 1.165) is 62.7 Å². The molecule has 0 unspecified atom stereocenters. The average molecular weight is 437 g/mol. The maximum atomic E-state index is 11.8. The van der Waals surface area contributed by atoms with Crippen LogP contribution >= 0.6 is 0 Å². The molecule has 0 spiro atoms. The van der Waals surface area contributed by atoms with Gasteiger partial charge in [0.1, 0.15) is 11.5 Å². The van der Waals surface area contributed by atoms with Gasteiger partial charge in [-0.1, -0.05) is 24.3 Å². The minimum atomic E-state index is -0.0644. The number of rotatable bonds is 10. The monoisotopic (exact) mass is 436 g/mol.